The molecule has 1 atom stereocenters. The van der Waals surface area contributed by atoms with Crippen LogP contribution in [0.1, 0.15) is 44.7 Å². The maximum atomic E-state index is 6.29. The van der Waals surface area contributed by atoms with Crippen molar-refractivity contribution in [1.29, 1.82) is 0 Å². The van der Waals surface area contributed by atoms with Crippen molar-refractivity contribution in [2.24, 2.45) is 11.7 Å². The minimum absolute atomic E-state index is 0.159. The van der Waals surface area contributed by atoms with Gasteiger partial charge in [-0.1, -0.05) is 60.8 Å². The molecule has 0 aliphatic carbocycles. The van der Waals surface area contributed by atoms with E-state index in [9.17, 15) is 0 Å². The molecule has 2 N–H and O–H groups in total. The van der Waals surface area contributed by atoms with Crippen LogP contribution >= 0.6 is 15.9 Å². The highest BCUT2D eigenvalue weighted by atomic mass is 79.9. The van der Waals surface area contributed by atoms with Gasteiger partial charge in [0.25, 0.3) is 0 Å². The van der Waals surface area contributed by atoms with Gasteiger partial charge < -0.3 is 5.73 Å². The minimum Gasteiger partial charge on any atom is -0.324 e. The molecule has 0 aliphatic rings. The van der Waals surface area contributed by atoms with Crippen LogP contribution in [-0.2, 0) is 0 Å². The van der Waals surface area contributed by atoms with Gasteiger partial charge in [0.2, 0.25) is 0 Å². The lowest BCUT2D eigenvalue weighted by Gasteiger charge is -2.14. The molecule has 0 aromatic heterocycles. The molecule has 0 aliphatic heterocycles. The molecule has 2 heteroatoms. The zero-order valence-electron chi connectivity index (χ0n) is 11.7. The zero-order chi connectivity index (χ0) is 13.8. The van der Waals surface area contributed by atoms with Crippen molar-refractivity contribution in [3.8, 4) is 0 Å². The van der Waals surface area contributed by atoms with Gasteiger partial charge in [-0.2, -0.15) is 0 Å². The Labute approximate surface area is 124 Å². The standard InChI is InChI=1S/C17H22BrN/c1-12(2)4-3-5-17(19)15-7-6-14-11-16(18)9-8-13(14)10-15/h6-12,17H,3-5,19H2,1-2H3. The van der Waals surface area contributed by atoms with Crippen molar-refractivity contribution in [2.45, 2.75) is 39.2 Å². The fraction of sp³-hybridized carbons (Fsp3) is 0.412. The van der Waals surface area contributed by atoms with E-state index in [4.69, 9.17) is 5.73 Å². The number of halogens is 1. The summed E-state index contributed by atoms with van der Waals surface area (Å²) in [6.45, 7) is 4.53. The second-order valence-electron chi connectivity index (χ2n) is 5.68. The lowest BCUT2D eigenvalue weighted by molar-refractivity contribution is 0.506. The third kappa shape index (κ3) is 4.05. The summed E-state index contributed by atoms with van der Waals surface area (Å²) in [6.07, 6.45) is 3.53. The van der Waals surface area contributed by atoms with E-state index in [-0.39, 0.29) is 6.04 Å². The summed E-state index contributed by atoms with van der Waals surface area (Å²) in [6, 6.07) is 13.1. The van der Waals surface area contributed by atoms with E-state index in [1.54, 1.807) is 0 Å². The van der Waals surface area contributed by atoms with Crippen molar-refractivity contribution in [2.75, 3.05) is 0 Å². The Hall–Kier alpha value is -0.860. The predicted octanol–water partition coefficient (Wildman–Crippen LogP) is 5.43. The highest BCUT2D eigenvalue weighted by Crippen LogP contribution is 2.25. The fourth-order valence-corrected chi connectivity index (χ4v) is 2.76. The Bertz CT molecular complexity index is 548. The average Bonchev–Trinajstić information content (AvgIpc) is 2.37. The first-order valence-corrected chi connectivity index (χ1v) is 7.80. The highest BCUT2D eigenvalue weighted by molar-refractivity contribution is 9.10. The molecular formula is C17H22BrN. The zero-order valence-corrected chi connectivity index (χ0v) is 13.3. The molecule has 0 saturated carbocycles. The number of hydrogen-bond acceptors (Lipinski definition) is 1. The molecule has 0 bridgehead atoms. The van der Waals surface area contributed by atoms with E-state index in [1.165, 1.54) is 29.2 Å². The van der Waals surface area contributed by atoms with Gasteiger partial charge in [0.05, 0.1) is 0 Å². The highest BCUT2D eigenvalue weighted by Gasteiger charge is 2.07. The van der Waals surface area contributed by atoms with Crippen LogP contribution in [0.4, 0.5) is 0 Å². The topological polar surface area (TPSA) is 26.0 Å². The van der Waals surface area contributed by atoms with Crippen LogP contribution in [0.15, 0.2) is 40.9 Å². The van der Waals surface area contributed by atoms with Crippen molar-refractivity contribution < 1.29 is 0 Å². The molecule has 1 unspecified atom stereocenters. The van der Waals surface area contributed by atoms with E-state index in [0.29, 0.717) is 0 Å². The maximum Gasteiger partial charge on any atom is 0.0295 e. The summed E-state index contributed by atoms with van der Waals surface area (Å²) in [5.74, 6) is 0.765. The molecule has 0 fully saturated rings. The number of benzene rings is 2. The molecule has 19 heavy (non-hydrogen) atoms. The van der Waals surface area contributed by atoms with Gasteiger partial charge in [0.1, 0.15) is 0 Å². The summed E-state index contributed by atoms with van der Waals surface area (Å²) < 4.78 is 1.12. The molecule has 0 heterocycles. The van der Waals surface area contributed by atoms with E-state index >= 15 is 0 Å². The minimum atomic E-state index is 0.159. The van der Waals surface area contributed by atoms with Gasteiger partial charge in [0.15, 0.2) is 0 Å². The first-order chi connectivity index (χ1) is 9.06. The van der Waals surface area contributed by atoms with Crippen LogP contribution in [0.2, 0.25) is 0 Å². The maximum absolute atomic E-state index is 6.29. The van der Waals surface area contributed by atoms with E-state index in [2.05, 4.69) is 66.2 Å². The molecule has 2 aromatic rings. The predicted molar refractivity (Wildman–Crippen MR) is 87.3 cm³/mol. The molecule has 1 nitrogen and oxygen atoms in total. The number of nitrogens with two attached hydrogens (primary N) is 1. The molecule has 0 saturated heterocycles. The third-order valence-corrected chi connectivity index (χ3v) is 4.04. The second kappa shape index (κ2) is 6.53. The van der Waals surface area contributed by atoms with Crippen LogP contribution in [0.25, 0.3) is 10.8 Å². The van der Waals surface area contributed by atoms with Gasteiger partial charge in [-0.15, -0.1) is 0 Å². The Balaban J connectivity index is 2.09. The Morgan fingerprint density at radius 2 is 1.68 bits per heavy atom. The number of hydrogen-bond donors (Lipinski definition) is 1. The second-order valence-corrected chi connectivity index (χ2v) is 6.60. The van der Waals surface area contributed by atoms with Crippen LogP contribution < -0.4 is 5.73 Å². The smallest absolute Gasteiger partial charge is 0.0295 e. The lowest BCUT2D eigenvalue weighted by atomic mass is 9.97. The van der Waals surface area contributed by atoms with Gasteiger partial charge >= 0.3 is 0 Å². The van der Waals surface area contributed by atoms with Crippen LogP contribution in [-0.4, -0.2) is 0 Å². The van der Waals surface area contributed by atoms with Crippen molar-refractivity contribution in [3.05, 3.63) is 46.4 Å². The van der Waals surface area contributed by atoms with Gasteiger partial charge in [0, 0.05) is 10.5 Å². The van der Waals surface area contributed by atoms with Crippen LogP contribution in [0, 0.1) is 5.92 Å². The third-order valence-electron chi connectivity index (χ3n) is 3.55. The SMILES string of the molecule is CC(C)CCCC(N)c1ccc2cc(Br)ccc2c1. The molecule has 2 aromatic carbocycles. The summed E-state index contributed by atoms with van der Waals surface area (Å²) in [4.78, 5) is 0. The van der Waals surface area contributed by atoms with Crippen LogP contribution in [0.3, 0.4) is 0 Å². The summed E-state index contributed by atoms with van der Waals surface area (Å²) in [5, 5.41) is 2.52. The average molecular weight is 320 g/mol. The molecule has 0 spiro atoms. The van der Waals surface area contributed by atoms with E-state index < -0.39 is 0 Å². The Morgan fingerprint density at radius 1 is 1.00 bits per heavy atom. The summed E-state index contributed by atoms with van der Waals surface area (Å²) in [7, 11) is 0. The monoisotopic (exact) mass is 319 g/mol. The van der Waals surface area contributed by atoms with Gasteiger partial charge in [-0.05, 0) is 46.9 Å². The number of rotatable bonds is 5. The number of fused-ring (bicyclic) bond motifs is 1. The Kier molecular flexibility index (Phi) is 5.00. The van der Waals surface area contributed by atoms with Crippen LogP contribution in [0.5, 0.6) is 0 Å². The van der Waals surface area contributed by atoms with Crippen molar-refractivity contribution in [3.63, 3.8) is 0 Å². The first-order valence-electron chi connectivity index (χ1n) is 7.01. The van der Waals surface area contributed by atoms with Gasteiger partial charge in [-0.25, -0.2) is 0 Å². The quantitative estimate of drug-likeness (QED) is 0.781. The van der Waals surface area contributed by atoms with Crippen molar-refractivity contribution in [1.82, 2.24) is 0 Å². The summed E-state index contributed by atoms with van der Waals surface area (Å²) in [5.41, 5.74) is 7.54. The first kappa shape index (κ1) is 14.5. The Morgan fingerprint density at radius 3 is 2.42 bits per heavy atom. The lowest BCUT2D eigenvalue weighted by Crippen LogP contribution is -2.10. The fourth-order valence-electron chi connectivity index (χ4n) is 2.38. The normalized spacial score (nSPS) is 13.1. The molecular weight excluding hydrogens is 298 g/mol. The van der Waals surface area contributed by atoms with Gasteiger partial charge in [-0.3, -0.25) is 0 Å². The summed E-state index contributed by atoms with van der Waals surface area (Å²) >= 11 is 3.50. The molecule has 0 amide bonds. The molecule has 2 rings (SSSR count). The molecule has 0 radical (unpaired) electrons. The van der Waals surface area contributed by atoms with E-state index in [0.717, 1.165) is 16.8 Å². The molecule has 102 valence electrons. The van der Waals surface area contributed by atoms with Crippen molar-refractivity contribution >= 4 is 26.7 Å². The largest absolute Gasteiger partial charge is 0.324 e. The van der Waals surface area contributed by atoms with E-state index in [1.807, 2.05) is 0 Å².